The summed E-state index contributed by atoms with van der Waals surface area (Å²) in [5, 5.41) is 7.88. The topological polar surface area (TPSA) is 57.3 Å². The number of benzene rings is 1. The largest absolute Gasteiger partial charge is 0.344 e. The summed E-state index contributed by atoms with van der Waals surface area (Å²) in [6.45, 7) is 3.06. The van der Waals surface area contributed by atoms with Crippen molar-refractivity contribution < 1.29 is 9.18 Å². The molecule has 1 aliphatic heterocycles. The van der Waals surface area contributed by atoms with Gasteiger partial charge < -0.3 is 15.5 Å². The minimum Gasteiger partial charge on any atom is -0.344 e. The van der Waals surface area contributed by atoms with Crippen LogP contribution in [0.1, 0.15) is 16.8 Å². The number of nitrogens with zero attached hydrogens (tertiary/aromatic N) is 2. The number of fused-ring (bicyclic) bond motifs is 1. The van der Waals surface area contributed by atoms with E-state index < -0.39 is 0 Å². The first-order valence-electron chi connectivity index (χ1n) is 8.73. The molecule has 2 N–H and O–H groups in total. The average molecular weight is 496 g/mol. The molecule has 1 aromatic carbocycles. The fraction of sp³-hybridized carbons (Fsp3) is 0.263. The number of halogens is 2. The van der Waals surface area contributed by atoms with Crippen LogP contribution in [0.25, 0.3) is 10.2 Å². The molecule has 0 atom stereocenters. The van der Waals surface area contributed by atoms with Crippen molar-refractivity contribution in [2.75, 3.05) is 31.5 Å². The van der Waals surface area contributed by atoms with Crippen LogP contribution >= 0.6 is 33.9 Å². The van der Waals surface area contributed by atoms with E-state index in [0.717, 1.165) is 33.3 Å². The van der Waals surface area contributed by atoms with Gasteiger partial charge in [-0.25, -0.2) is 9.37 Å². The number of hydrogen-bond acceptors (Lipinski definition) is 5. The number of aromatic nitrogens is 1. The predicted molar refractivity (Wildman–Crippen MR) is 115 cm³/mol. The first-order chi connectivity index (χ1) is 13.1. The third-order valence-electron chi connectivity index (χ3n) is 4.49. The second kappa shape index (κ2) is 8.07. The van der Waals surface area contributed by atoms with Crippen LogP contribution in [0.15, 0.2) is 36.5 Å². The lowest BCUT2D eigenvalue weighted by atomic mass is 10.1. The van der Waals surface area contributed by atoms with Gasteiger partial charge in [-0.15, -0.1) is 0 Å². The molecule has 4 rings (SSSR count). The minimum atomic E-state index is -0.343. The minimum absolute atomic E-state index is 0.0358. The summed E-state index contributed by atoms with van der Waals surface area (Å²) < 4.78 is 15.2. The molecule has 1 aliphatic rings. The smallest absolute Gasteiger partial charge is 0.257 e. The van der Waals surface area contributed by atoms with Crippen LogP contribution in [-0.4, -0.2) is 42.0 Å². The summed E-state index contributed by atoms with van der Waals surface area (Å²) in [4.78, 5) is 20.3. The summed E-state index contributed by atoms with van der Waals surface area (Å²) >= 11 is 3.45. The van der Waals surface area contributed by atoms with Crippen molar-refractivity contribution in [1.29, 1.82) is 0 Å². The van der Waals surface area contributed by atoms with Gasteiger partial charge in [0.25, 0.3) is 5.91 Å². The molecular formula is C19H18FIN4OS. The Balaban J connectivity index is 1.76. The molecule has 0 bridgehead atoms. The molecule has 5 nitrogen and oxygen atoms in total. The van der Waals surface area contributed by atoms with Gasteiger partial charge in [-0.1, -0.05) is 11.3 Å². The van der Waals surface area contributed by atoms with E-state index in [-0.39, 0.29) is 11.7 Å². The maximum atomic E-state index is 14.4. The van der Waals surface area contributed by atoms with Crippen LogP contribution < -0.4 is 10.6 Å². The van der Waals surface area contributed by atoms with Gasteiger partial charge in [-0.3, -0.25) is 4.79 Å². The summed E-state index contributed by atoms with van der Waals surface area (Å²) in [5.41, 5.74) is 0.927. The Morgan fingerprint density at radius 2 is 2.19 bits per heavy atom. The maximum absolute atomic E-state index is 14.4. The standard InChI is InChI=1S/C19H18FIN4OS/c20-14-11-12(21)4-5-15(14)24-18-16(13-3-1-7-23-17(13)27-18)19(26)25-9-2-6-22-8-10-25/h1,3-5,7,11,22,24H,2,6,8-10H2. The maximum Gasteiger partial charge on any atom is 0.257 e. The van der Waals surface area contributed by atoms with Crippen LogP contribution in [0.5, 0.6) is 0 Å². The molecular weight excluding hydrogens is 478 g/mol. The van der Waals surface area contributed by atoms with E-state index in [1.54, 1.807) is 12.3 Å². The van der Waals surface area contributed by atoms with Crippen LogP contribution in [-0.2, 0) is 0 Å². The zero-order valence-corrected chi connectivity index (χ0v) is 17.4. The zero-order valence-electron chi connectivity index (χ0n) is 14.5. The Bertz CT molecular complexity index is 985. The number of hydrogen-bond donors (Lipinski definition) is 2. The zero-order chi connectivity index (χ0) is 18.8. The van der Waals surface area contributed by atoms with Gasteiger partial charge in [-0.05, 0) is 65.9 Å². The summed E-state index contributed by atoms with van der Waals surface area (Å²) in [5.74, 6) is -0.379. The summed E-state index contributed by atoms with van der Waals surface area (Å²) in [6, 6.07) is 8.72. The van der Waals surface area contributed by atoms with E-state index in [9.17, 15) is 9.18 Å². The van der Waals surface area contributed by atoms with Crippen molar-refractivity contribution in [3.05, 3.63) is 51.5 Å². The monoisotopic (exact) mass is 496 g/mol. The van der Waals surface area contributed by atoms with Gasteiger partial charge in [0.1, 0.15) is 15.6 Å². The molecule has 2 aromatic heterocycles. The van der Waals surface area contributed by atoms with Gasteiger partial charge in [0, 0.05) is 34.8 Å². The van der Waals surface area contributed by atoms with Crippen LogP contribution in [0.2, 0.25) is 0 Å². The molecule has 0 unspecified atom stereocenters. The van der Waals surface area contributed by atoms with E-state index in [0.29, 0.717) is 29.3 Å². The second-order valence-electron chi connectivity index (χ2n) is 6.31. The van der Waals surface area contributed by atoms with Crippen molar-refractivity contribution in [3.63, 3.8) is 0 Å². The Morgan fingerprint density at radius 1 is 1.30 bits per heavy atom. The van der Waals surface area contributed by atoms with Gasteiger partial charge >= 0.3 is 0 Å². The number of thiophene rings is 1. The van der Waals surface area contributed by atoms with E-state index in [4.69, 9.17) is 0 Å². The van der Waals surface area contributed by atoms with E-state index in [1.165, 1.54) is 17.4 Å². The molecule has 1 fully saturated rings. The first kappa shape index (κ1) is 18.6. The van der Waals surface area contributed by atoms with Gasteiger partial charge in [0.2, 0.25) is 0 Å². The molecule has 3 heterocycles. The fourth-order valence-electron chi connectivity index (χ4n) is 3.15. The second-order valence-corrected chi connectivity index (χ2v) is 8.55. The number of rotatable bonds is 3. The lowest BCUT2D eigenvalue weighted by Gasteiger charge is -2.20. The molecule has 1 saturated heterocycles. The van der Waals surface area contributed by atoms with E-state index in [2.05, 4.69) is 38.2 Å². The Kier molecular flexibility index (Phi) is 5.55. The number of anilines is 2. The van der Waals surface area contributed by atoms with Crippen LogP contribution in [0.4, 0.5) is 15.1 Å². The molecule has 0 spiro atoms. The predicted octanol–water partition coefficient (Wildman–Crippen LogP) is 4.22. The lowest BCUT2D eigenvalue weighted by molar-refractivity contribution is 0.0769. The highest BCUT2D eigenvalue weighted by molar-refractivity contribution is 14.1. The van der Waals surface area contributed by atoms with Crippen molar-refractivity contribution in [2.24, 2.45) is 0 Å². The van der Waals surface area contributed by atoms with E-state index in [1.807, 2.05) is 23.1 Å². The van der Waals surface area contributed by atoms with Gasteiger partial charge in [0.05, 0.1) is 11.3 Å². The number of carbonyl (C=O) groups is 1. The Hall–Kier alpha value is -1.78. The third kappa shape index (κ3) is 3.92. The molecule has 1 amide bonds. The highest BCUT2D eigenvalue weighted by atomic mass is 127. The molecule has 0 saturated carbocycles. The summed E-state index contributed by atoms with van der Waals surface area (Å²) in [6.07, 6.45) is 2.62. The normalized spacial score (nSPS) is 15.0. The highest BCUT2D eigenvalue weighted by Gasteiger charge is 2.25. The quantitative estimate of drug-likeness (QED) is 0.534. The van der Waals surface area contributed by atoms with Crippen molar-refractivity contribution in [2.45, 2.75) is 6.42 Å². The lowest BCUT2D eigenvalue weighted by Crippen LogP contribution is -2.34. The van der Waals surface area contributed by atoms with Gasteiger partial charge in [-0.2, -0.15) is 0 Å². The number of carbonyl (C=O) groups excluding carboxylic acids is 1. The van der Waals surface area contributed by atoms with E-state index >= 15 is 0 Å². The fourth-order valence-corrected chi connectivity index (χ4v) is 4.65. The highest BCUT2D eigenvalue weighted by Crippen LogP contribution is 2.37. The molecule has 27 heavy (non-hydrogen) atoms. The molecule has 8 heteroatoms. The Labute approximate surface area is 174 Å². The number of nitrogens with one attached hydrogen (secondary N) is 2. The number of pyridine rings is 1. The third-order valence-corrected chi connectivity index (χ3v) is 6.19. The SMILES string of the molecule is O=C(c1c(Nc2ccc(I)cc2F)sc2ncccc12)N1CCCNCC1. The van der Waals surface area contributed by atoms with Crippen molar-refractivity contribution in [3.8, 4) is 0 Å². The van der Waals surface area contributed by atoms with Crippen molar-refractivity contribution >= 4 is 60.7 Å². The van der Waals surface area contributed by atoms with Crippen LogP contribution in [0.3, 0.4) is 0 Å². The van der Waals surface area contributed by atoms with Crippen molar-refractivity contribution in [1.82, 2.24) is 15.2 Å². The average Bonchev–Trinajstić information content (AvgIpc) is 2.82. The molecule has 0 radical (unpaired) electrons. The Morgan fingerprint density at radius 3 is 3.04 bits per heavy atom. The first-order valence-corrected chi connectivity index (χ1v) is 10.6. The van der Waals surface area contributed by atoms with Crippen LogP contribution in [0, 0.1) is 9.39 Å². The number of amides is 1. The summed E-state index contributed by atoms with van der Waals surface area (Å²) in [7, 11) is 0. The molecule has 3 aromatic rings. The van der Waals surface area contributed by atoms with Gasteiger partial charge in [0.15, 0.2) is 0 Å². The molecule has 0 aliphatic carbocycles. The molecule has 140 valence electrons.